The number of para-hydroxylation sites is 2. The summed E-state index contributed by atoms with van der Waals surface area (Å²) in [5.41, 5.74) is 2.99. The summed E-state index contributed by atoms with van der Waals surface area (Å²) >= 11 is 0. The van der Waals surface area contributed by atoms with E-state index in [0.29, 0.717) is 38.5 Å². The van der Waals surface area contributed by atoms with Gasteiger partial charge in [-0.25, -0.2) is 13.4 Å². The van der Waals surface area contributed by atoms with E-state index in [1.165, 1.54) is 16.6 Å². The largest absolute Gasteiger partial charge is 0.379 e. The molecule has 5 rings (SSSR count). The average Bonchev–Trinajstić information content (AvgIpc) is 3.49. The molecule has 1 aliphatic heterocycles. The van der Waals surface area contributed by atoms with Crippen molar-refractivity contribution < 1.29 is 17.9 Å². The van der Waals surface area contributed by atoms with Crippen molar-refractivity contribution in [2.75, 3.05) is 26.3 Å². The number of carbonyl (C=O) groups excluding carboxylic acids is 1. The summed E-state index contributed by atoms with van der Waals surface area (Å²) in [6, 6.07) is 18.5. The van der Waals surface area contributed by atoms with E-state index in [9.17, 15) is 13.2 Å². The first-order valence-corrected chi connectivity index (χ1v) is 12.9. The van der Waals surface area contributed by atoms with Crippen molar-refractivity contribution in [3.63, 3.8) is 0 Å². The van der Waals surface area contributed by atoms with Crippen LogP contribution in [0.2, 0.25) is 0 Å². The fraction of sp³-hybridized carbons (Fsp3) is 0.280. The van der Waals surface area contributed by atoms with Gasteiger partial charge in [-0.2, -0.15) is 4.31 Å². The van der Waals surface area contributed by atoms with Crippen LogP contribution in [0.25, 0.3) is 11.0 Å². The van der Waals surface area contributed by atoms with Crippen molar-refractivity contribution >= 4 is 27.0 Å². The molecule has 182 valence electrons. The fourth-order valence-corrected chi connectivity index (χ4v) is 5.75. The Balaban J connectivity index is 1.43. The quantitative estimate of drug-likeness (QED) is 0.411. The highest BCUT2D eigenvalue weighted by Gasteiger charge is 2.29. The maximum absolute atomic E-state index is 13.4. The van der Waals surface area contributed by atoms with Gasteiger partial charge < -0.3 is 19.6 Å². The van der Waals surface area contributed by atoms with Gasteiger partial charge in [-0.15, -0.1) is 0 Å². The molecule has 4 aromatic rings. The second-order valence-electron chi connectivity index (χ2n) is 8.54. The number of nitrogens with zero attached hydrogens (tertiary/aromatic N) is 3. The highest BCUT2D eigenvalue weighted by molar-refractivity contribution is 7.89. The highest BCUT2D eigenvalue weighted by atomic mass is 32.2. The van der Waals surface area contributed by atoms with E-state index in [-0.39, 0.29) is 16.5 Å². The Kier molecular flexibility index (Phi) is 6.42. The molecule has 2 N–H and O–H groups in total. The minimum Gasteiger partial charge on any atom is -0.379 e. The number of aromatic amines is 1. The summed E-state index contributed by atoms with van der Waals surface area (Å²) in [5, 5.41) is 3.06. The number of amides is 1. The number of imidazole rings is 1. The van der Waals surface area contributed by atoms with Crippen molar-refractivity contribution in [3.05, 3.63) is 83.9 Å². The molecule has 3 heterocycles. The van der Waals surface area contributed by atoms with E-state index in [2.05, 4.69) is 10.3 Å². The monoisotopic (exact) mass is 493 g/mol. The van der Waals surface area contributed by atoms with E-state index in [1.54, 1.807) is 11.6 Å². The molecule has 1 atom stereocenters. The third-order valence-corrected chi connectivity index (χ3v) is 8.01. The minimum atomic E-state index is -3.71. The predicted molar refractivity (Wildman–Crippen MR) is 131 cm³/mol. The number of H-pyrrole nitrogens is 1. The first-order valence-electron chi connectivity index (χ1n) is 11.5. The fourth-order valence-electron chi connectivity index (χ4n) is 4.27. The molecule has 0 unspecified atom stereocenters. The molecule has 1 amide bonds. The lowest BCUT2D eigenvalue weighted by atomic mass is 10.1. The van der Waals surface area contributed by atoms with Crippen molar-refractivity contribution in [1.82, 2.24) is 24.2 Å². The maximum Gasteiger partial charge on any atom is 0.268 e. The highest BCUT2D eigenvalue weighted by Crippen LogP contribution is 2.23. The topological polar surface area (TPSA) is 109 Å². The van der Waals surface area contributed by atoms with Crippen LogP contribution in [0.4, 0.5) is 0 Å². The summed E-state index contributed by atoms with van der Waals surface area (Å²) in [6.45, 7) is 1.31. The van der Waals surface area contributed by atoms with Gasteiger partial charge in [-0.1, -0.05) is 42.5 Å². The normalized spacial score (nSPS) is 15.8. The van der Waals surface area contributed by atoms with E-state index >= 15 is 0 Å². The third kappa shape index (κ3) is 4.86. The SMILES string of the molecule is Cn1cc(S(=O)(=O)N2CCOCC2)cc1C(=O)N[C@@H](Cc1ccccc1)c1nc2ccccc2[nH]1. The number of benzene rings is 2. The van der Waals surface area contributed by atoms with Crippen molar-refractivity contribution in [2.24, 2.45) is 7.05 Å². The molecule has 0 bridgehead atoms. The summed E-state index contributed by atoms with van der Waals surface area (Å²) in [7, 11) is -2.04. The third-order valence-electron chi connectivity index (χ3n) is 6.15. The number of morpholine rings is 1. The first kappa shape index (κ1) is 23.3. The summed E-state index contributed by atoms with van der Waals surface area (Å²) in [4.78, 5) is 21.5. The molecule has 2 aromatic heterocycles. The van der Waals surface area contributed by atoms with Crippen LogP contribution in [0.5, 0.6) is 0 Å². The van der Waals surface area contributed by atoms with Gasteiger partial charge in [0.2, 0.25) is 10.0 Å². The molecular weight excluding hydrogens is 466 g/mol. The Morgan fingerprint density at radius 3 is 2.57 bits per heavy atom. The van der Waals surface area contributed by atoms with Gasteiger partial charge >= 0.3 is 0 Å². The van der Waals surface area contributed by atoms with Crippen LogP contribution >= 0.6 is 0 Å². The number of fused-ring (bicyclic) bond motifs is 1. The van der Waals surface area contributed by atoms with E-state index in [1.807, 2.05) is 54.6 Å². The van der Waals surface area contributed by atoms with Crippen LogP contribution in [0.15, 0.2) is 71.8 Å². The molecule has 2 aromatic carbocycles. The molecule has 35 heavy (non-hydrogen) atoms. The Morgan fingerprint density at radius 1 is 1.11 bits per heavy atom. The maximum atomic E-state index is 13.4. The zero-order valence-electron chi connectivity index (χ0n) is 19.3. The number of ether oxygens (including phenoxy) is 1. The van der Waals surface area contributed by atoms with Gasteiger partial charge in [0, 0.05) is 26.3 Å². The number of aromatic nitrogens is 3. The molecule has 10 heteroatoms. The second kappa shape index (κ2) is 9.65. The van der Waals surface area contributed by atoms with Crippen LogP contribution in [-0.4, -0.2) is 59.5 Å². The first-order chi connectivity index (χ1) is 16.9. The van der Waals surface area contributed by atoms with Crippen LogP contribution in [0, 0.1) is 0 Å². The van der Waals surface area contributed by atoms with E-state index in [0.717, 1.165) is 16.6 Å². The zero-order chi connectivity index (χ0) is 24.4. The Hall–Kier alpha value is -3.47. The number of rotatable bonds is 7. The van der Waals surface area contributed by atoms with Crippen LogP contribution in [-0.2, 0) is 28.2 Å². The number of hydrogen-bond acceptors (Lipinski definition) is 5. The Bertz CT molecular complexity index is 1410. The van der Waals surface area contributed by atoms with Gasteiger partial charge in [0.15, 0.2) is 0 Å². The Labute approximate surface area is 203 Å². The van der Waals surface area contributed by atoms with Gasteiger partial charge in [0.1, 0.15) is 16.4 Å². The van der Waals surface area contributed by atoms with Crippen molar-refractivity contribution in [1.29, 1.82) is 0 Å². The van der Waals surface area contributed by atoms with Crippen molar-refractivity contribution in [2.45, 2.75) is 17.4 Å². The molecule has 0 spiro atoms. The number of carbonyl (C=O) groups is 1. The van der Waals surface area contributed by atoms with Gasteiger partial charge in [-0.05, 0) is 30.2 Å². The summed E-state index contributed by atoms with van der Waals surface area (Å²) < 4.78 is 34.3. The van der Waals surface area contributed by atoms with Gasteiger partial charge in [0.25, 0.3) is 5.91 Å². The lowest BCUT2D eigenvalue weighted by molar-refractivity contribution is 0.0730. The lowest BCUT2D eigenvalue weighted by Gasteiger charge is -2.25. The van der Waals surface area contributed by atoms with Gasteiger partial charge in [0.05, 0.1) is 30.3 Å². The van der Waals surface area contributed by atoms with Crippen molar-refractivity contribution in [3.8, 4) is 0 Å². The van der Waals surface area contributed by atoms with Gasteiger partial charge in [-0.3, -0.25) is 4.79 Å². The molecule has 1 fully saturated rings. The molecule has 1 saturated heterocycles. The average molecular weight is 494 g/mol. The molecule has 1 aliphatic rings. The number of sulfonamides is 1. The van der Waals surface area contributed by atoms with Crippen LogP contribution in [0.3, 0.4) is 0 Å². The van der Waals surface area contributed by atoms with Crippen LogP contribution < -0.4 is 5.32 Å². The molecule has 0 saturated carbocycles. The molecule has 0 aliphatic carbocycles. The number of nitrogens with one attached hydrogen (secondary N) is 2. The number of aryl methyl sites for hydroxylation is 1. The molecular formula is C25H27N5O4S. The standard InChI is InChI=1S/C25H27N5O4S/c1-29-17-19(35(32,33)30-11-13-34-14-12-30)16-23(29)25(31)28-22(15-18-7-3-2-4-8-18)24-26-20-9-5-6-10-21(20)27-24/h2-10,16-17,22H,11-15H2,1H3,(H,26,27)(H,28,31)/t22-/m0/s1. The second-order valence-corrected chi connectivity index (χ2v) is 10.5. The summed E-state index contributed by atoms with van der Waals surface area (Å²) in [5.74, 6) is 0.260. The summed E-state index contributed by atoms with van der Waals surface area (Å²) in [6.07, 6.45) is 2.00. The molecule has 9 nitrogen and oxygen atoms in total. The Morgan fingerprint density at radius 2 is 1.83 bits per heavy atom. The smallest absolute Gasteiger partial charge is 0.268 e. The predicted octanol–water partition coefficient (Wildman–Crippen LogP) is 2.64. The zero-order valence-corrected chi connectivity index (χ0v) is 20.2. The lowest BCUT2D eigenvalue weighted by Crippen LogP contribution is -2.40. The number of hydrogen-bond donors (Lipinski definition) is 2. The van der Waals surface area contributed by atoms with E-state index in [4.69, 9.17) is 9.72 Å². The molecule has 0 radical (unpaired) electrons. The van der Waals surface area contributed by atoms with Crippen LogP contribution in [0.1, 0.15) is 27.9 Å². The van der Waals surface area contributed by atoms with E-state index < -0.39 is 16.1 Å². The minimum absolute atomic E-state index is 0.0930.